The number of piperazine rings is 1. The molecule has 5 fully saturated rings. The van der Waals surface area contributed by atoms with E-state index in [0.29, 0.717) is 35.6 Å². The Morgan fingerprint density at radius 1 is 0.947 bits per heavy atom. The van der Waals surface area contributed by atoms with E-state index in [9.17, 15) is 9.59 Å². The first-order chi connectivity index (χ1) is 17.7. The molecule has 0 aromatic carbocycles. The largest absolute Gasteiger partial charge is 0.469 e. The molecule has 0 bridgehead atoms. The smallest absolute Gasteiger partial charge is 0.320 e. The lowest BCUT2D eigenvalue weighted by Crippen LogP contribution is -2.54. The molecule has 7 heteroatoms. The third-order valence-corrected chi connectivity index (χ3v) is 12.3. The molecule has 5 aliphatic rings. The first-order valence-electron chi connectivity index (χ1n) is 15.4. The fourth-order valence-corrected chi connectivity index (χ4v) is 10.2. The molecule has 0 aromatic rings. The van der Waals surface area contributed by atoms with E-state index in [2.05, 4.69) is 31.0 Å². The third-order valence-electron chi connectivity index (χ3n) is 12.3. The Bertz CT molecular complexity index is 835. The summed E-state index contributed by atoms with van der Waals surface area (Å²) in [6.07, 6.45) is 13.0. The summed E-state index contributed by atoms with van der Waals surface area (Å²) in [6.45, 7) is 11.8. The van der Waals surface area contributed by atoms with Crippen LogP contribution in [0.4, 0.5) is 0 Å². The maximum absolute atomic E-state index is 12.7. The minimum absolute atomic E-state index is 0. The van der Waals surface area contributed by atoms with E-state index in [0.717, 1.165) is 69.1 Å². The van der Waals surface area contributed by atoms with Crippen molar-refractivity contribution in [3.63, 3.8) is 0 Å². The van der Waals surface area contributed by atoms with Crippen LogP contribution >= 0.6 is 12.4 Å². The minimum Gasteiger partial charge on any atom is -0.469 e. The highest BCUT2D eigenvalue weighted by Gasteiger charge is 2.60. The van der Waals surface area contributed by atoms with Gasteiger partial charge in [0.1, 0.15) is 6.10 Å². The number of fused-ring (bicyclic) bond motifs is 5. The molecule has 0 radical (unpaired) electrons. The van der Waals surface area contributed by atoms with Gasteiger partial charge in [-0.3, -0.25) is 14.5 Å². The Morgan fingerprint density at radius 2 is 1.66 bits per heavy atom. The lowest BCUT2D eigenvalue weighted by atomic mass is 9.44. The third kappa shape index (κ3) is 5.79. The average molecular weight is 553 g/mol. The lowest BCUT2D eigenvalue weighted by molar-refractivity contribution is -0.163. The minimum atomic E-state index is -0.0633. The zero-order valence-corrected chi connectivity index (χ0v) is 25.2. The molecule has 0 spiro atoms. The number of rotatable bonds is 7. The van der Waals surface area contributed by atoms with Crippen LogP contribution < -0.4 is 5.32 Å². The van der Waals surface area contributed by atoms with Gasteiger partial charge in [0.05, 0.1) is 13.7 Å². The average Bonchev–Trinajstić information content (AvgIpc) is 3.25. The molecular formula is C31H53ClN2O4. The molecule has 6 nitrogen and oxygen atoms in total. The van der Waals surface area contributed by atoms with Gasteiger partial charge < -0.3 is 14.8 Å². The second-order valence-corrected chi connectivity index (χ2v) is 13.9. The number of hydrogen-bond donors (Lipinski definition) is 1. The highest BCUT2D eigenvalue weighted by Crippen LogP contribution is 2.68. The zero-order valence-electron chi connectivity index (χ0n) is 24.3. The van der Waals surface area contributed by atoms with E-state index in [1.165, 1.54) is 52.1 Å². The van der Waals surface area contributed by atoms with Crippen LogP contribution in [0.5, 0.6) is 0 Å². The van der Waals surface area contributed by atoms with Crippen LogP contribution in [0.1, 0.15) is 91.4 Å². The van der Waals surface area contributed by atoms with Crippen LogP contribution in [0.15, 0.2) is 0 Å². The van der Waals surface area contributed by atoms with Crippen LogP contribution in [0, 0.1) is 46.3 Å². The number of nitrogens with one attached hydrogen (secondary N) is 1. The molecule has 9 atom stereocenters. The molecule has 218 valence electrons. The van der Waals surface area contributed by atoms with Gasteiger partial charge in [0.15, 0.2) is 0 Å². The van der Waals surface area contributed by atoms with Crippen LogP contribution in [-0.2, 0) is 19.1 Å². The van der Waals surface area contributed by atoms with E-state index in [1.807, 2.05) is 0 Å². The first kappa shape index (κ1) is 30.1. The molecule has 1 N–H and O–H groups in total. The maximum Gasteiger partial charge on any atom is 0.320 e. The van der Waals surface area contributed by atoms with E-state index in [-0.39, 0.29) is 30.4 Å². The summed E-state index contributed by atoms with van der Waals surface area (Å²) in [4.78, 5) is 26.7. The summed E-state index contributed by atoms with van der Waals surface area (Å²) in [6, 6.07) is 0. The standard InChI is InChI=1S/C31H52N2O4.ClH/c1-21(5-10-28(34)36-4)25-8-9-26-24-7-6-22-19-23(37-29(35)20-33-17-15-32-16-18-33)11-13-30(22,2)27(24)12-14-31(25,26)3;/h21-27,32H,5-20H2,1-4H3;1H/t21-,22-,23-,24+,25-,26+,27+,30+,31-;/m1./s1. The molecule has 0 unspecified atom stereocenters. The topological polar surface area (TPSA) is 67.9 Å². The number of esters is 2. The van der Waals surface area contributed by atoms with Crippen molar-refractivity contribution >= 4 is 24.3 Å². The fourth-order valence-electron chi connectivity index (χ4n) is 10.2. The summed E-state index contributed by atoms with van der Waals surface area (Å²) >= 11 is 0. The van der Waals surface area contributed by atoms with Gasteiger partial charge in [0.25, 0.3) is 0 Å². The van der Waals surface area contributed by atoms with Gasteiger partial charge in [-0.1, -0.05) is 20.8 Å². The molecule has 4 saturated carbocycles. The van der Waals surface area contributed by atoms with E-state index in [4.69, 9.17) is 9.47 Å². The summed E-state index contributed by atoms with van der Waals surface area (Å²) in [5.41, 5.74) is 0.830. The predicted molar refractivity (Wildman–Crippen MR) is 152 cm³/mol. The van der Waals surface area contributed by atoms with Crippen molar-refractivity contribution in [3.05, 3.63) is 0 Å². The summed E-state index contributed by atoms with van der Waals surface area (Å²) in [5.74, 6) is 4.45. The second kappa shape index (κ2) is 12.3. The molecule has 38 heavy (non-hydrogen) atoms. The molecule has 1 heterocycles. The Hall–Kier alpha value is -0.850. The van der Waals surface area contributed by atoms with Crippen molar-refractivity contribution < 1.29 is 19.1 Å². The van der Waals surface area contributed by atoms with Gasteiger partial charge in [-0.05, 0) is 111 Å². The van der Waals surface area contributed by atoms with Crippen LogP contribution in [0.2, 0.25) is 0 Å². The first-order valence-corrected chi connectivity index (χ1v) is 15.4. The normalized spacial score (nSPS) is 41.6. The van der Waals surface area contributed by atoms with Gasteiger partial charge in [-0.15, -0.1) is 12.4 Å². The van der Waals surface area contributed by atoms with Gasteiger partial charge in [-0.25, -0.2) is 0 Å². The molecule has 4 aliphatic carbocycles. The number of methoxy groups -OCH3 is 1. The number of carbonyl (C=O) groups excluding carboxylic acids is 2. The van der Waals surface area contributed by atoms with E-state index >= 15 is 0 Å². The molecule has 0 aromatic heterocycles. The van der Waals surface area contributed by atoms with E-state index in [1.54, 1.807) is 0 Å². The van der Waals surface area contributed by atoms with Gasteiger partial charge in [0, 0.05) is 32.6 Å². The summed E-state index contributed by atoms with van der Waals surface area (Å²) in [7, 11) is 1.50. The van der Waals surface area contributed by atoms with Crippen molar-refractivity contribution in [2.45, 2.75) is 97.5 Å². The molecule has 0 amide bonds. The van der Waals surface area contributed by atoms with Gasteiger partial charge >= 0.3 is 11.9 Å². The summed E-state index contributed by atoms with van der Waals surface area (Å²) in [5, 5.41) is 3.35. The van der Waals surface area contributed by atoms with Crippen LogP contribution in [0.25, 0.3) is 0 Å². The number of nitrogens with zero attached hydrogens (tertiary/aromatic N) is 1. The maximum atomic E-state index is 12.7. The quantitative estimate of drug-likeness (QED) is 0.422. The van der Waals surface area contributed by atoms with Gasteiger partial charge in [0.2, 0.25) is 0 Å². The SMILES string of the molecule is COC(=O)CC[C@@H](C)[C@H]1CC[C@H]2[C@@H]3CC[C@@H]4C[C@H](OC(=O)CN5CCNCC5)CC[C@]4(C)[C@H]3CC[C@]12C.Cl. The lowest BCUT2D eigenvalue weighted by Gasteiger charge is -2.61. The Morgan fingerprint density at radius 3 is 2.39 bits per heavy atom. The second-order valence-electron chi connectivity index (χ2n) is 13.9. The van der Waals surface area contributed by atoms with Crippen LogP contribution in [0.3, 0.4) is 0 Å². The van der Waals surface area contributed by atoms with Crippen LogP contribution in [-0.4, -0.2) is 62.8 Å². The number of halogens is 1. The number of hydrogen-bond acceptors (Lipinski definition) is 6. The van der Waals surface area contributed by atoms with Crippen molar-refractivity contribution in [2.24, 2.45) is 46.3 Å². The summed E-state index contributed by atoms with van der Waals surface area (Å²) < 4.78 is 11.0. The zero-order chi connectivity index (χ0) is 26.2. The highest BCUT2D eigenvalue weighted by molar-refractivity contribution is 5.85. The molecule has 5 rings (SSSR count). The van der Waals surface area contributed by atoms with E-state index < -0.39 is 0 Å². The fraction of sp³-hybridized carbons (Fsp3) is 0.935. The molecular weight excluding hydrogens is 500 g/mol. The highest BCUT2D eigenvalue weighted by atomic mass is 35.5. The Balaban J connectivity index is 0.00000336. The molecule has 1 aliphatic heterocycles. The Labute approximate surface area is 237 Å². The Kier molecular flexibility index (Phi) is 9.78. The van der Waals surface area contributed by atoms with Crippen molar-refractivity contribution in [1.82, 2.24) is 10.2 Å². The number of ether oxygens (including phenoxy) is 2. The number of carbonyl (C=O) groups is 2. The van der Waals surface area contributed by atoms with Crippen molar-refractivity contribution in [3.8, 4) is 0 Å². The molecule has 1 saturated heterocycles. The predicted octanol–water partition coefficient (Wildman–Crippen LogP) is 5.47. The van der Waals surface area contributed by atoms with Crippen molar-refractivity contribution in [2.75, 3.05) is 39.8 Å². The van der Waals surface area contributed by atoms with Crippen molar-refractivity contribution in [1.29, 1.82) is 0 Å². The monoisotopic (exact) mass is 552 g/mol. The van der Waals surface area contributed by atoms with Gasteiger partial charge in [-0.2, -0.15) is 0 Å².